The summed E-state index contributed by atoms with van der Waals surface area (Å²) in [6.45, 7) is 1.75. The number of amides is 1. The topological polar surface area (TPSA) is 92.6 Å². The summed E-state index contributed by atoms with van der Waals surface area (Å²) in [5.41, 5.74) is 1.03. The average Bonchev–Trinajstić information content (AvgIpc) is 3.14. The van der Waals surface area contributed by atoms with Crippen LogP contribution >= 0.6 is 0 Å². The maximum atomic E-state index is 12.9. The number of aryl methyl sites for hydroxylation is 1. The standard InChI is InChI=1S/C21H19N5O3/c1-15-12-19(27)26-21(22-15)23-18(24-26)13-25(16-8-4-2-5-9-16)20(28)14-29-17-10-6-3-7-11-17/h2-12H,13-14H2,1H3,(H,22,23,24). The third kappa shape index (κ3) is 4.16. The molecule has 1 N–H and O–H groups in total. The van der Waals surface area contributed by atoms with Gasteiger partial charge in [-0.2, -0.15) is 9.50 Å². The number of carbonyl (C=O) groups is 1. The molecule has 0 aliphatic carbocycles. The molecule has 4 rings (SSSR count). The van der Waals surface area contributed by atoms with Crippen LogP contribution in [0.2, 0.25) is 0 Å². The molecule has 2 aromatic heterocycles. The second kappa shape index (κ2) is 7.97. The van der Waals surface area contributed by atoms with E-state index in [-0.39, 0.29) is 30.4 Å². The number of fused-ring (bicyclic) bond motifs is 1. The highest BCUT2D eigenvalue weighted by Gasteiger charge is 2.19. The molecule has 2 aromatic carbocycles. The number of carbonyl (C=O) groups excluding carboxylic acids is 1. The average molecular weight is 389 g/mol. The fraction of sp³-hybridized carbons (Fsp3) is 0.143. The highest BCUT2D eigenvalue weighted by molar-refractivity contribution is 5.94. The van der Waals surface area contributed by atoms with Gasteiger partial charge < -0.3 is 9.64 Å². The lowest BCUT2D eigenvalue weighted by Gasteiger charge is -2.21. The lowest BCUT2D eigenvalue weighted by atomic mass is 10.2. The SMILES string of the molecule is Cc1cc(=O)n2[nH]c(CN(C(=O)COc3ccccc3)c3ccccc3)nc2n1. The first kappa shape index (κ1) is 18.4. The Morgan fingerprint density at radius 2 is 1.76 bits per heavy atom. The van der Waals surface area contributed by atoms with Gasteiger partial charge in [-0.3, -0.25) is 14.7 Å². The number of hydrogen-bond acceptors (Lipinski definition) is 5. The number of aromatic nitrogens is 4. The first-order chi connectivity index (χ1) is 14.1. The molecule has 1 amide bonds. The van der Waals surface area contributed by atoms with Gasteiger partial charge in [-0.25, -0.2) is 4.98 Å². The van der Waals surface area contributed by atoms with Gasteiger partial charge in [0.2, 0.25) is 0 Å². The number of nitrogens with one attached hydrogen (secondary N) is 1. The highest BCUT2D eigenvalue weighted by atomic mass is 16.5. The van der Waals surface area contributed by atoms with Gasteiger partial charge in [0.25, 0.3) is 17.2 Å². The molecule has 0 atom stereocenters. The van der Waals surface area contributed by atoms with Gasteiger partial charge >= 0.3 is 0 Å². The summed E-state index contributed by atoms with van der Waals surface area (Å²) < 4.78 is 6.87. The second-order valence-electron chi connectivity index (χ2n) is 6.46. The van der Waals surface area contributed by atoms with Crippen molar-refractivity contribution in [3.8, 4) is 5.75 Å². The first-order valence-corrected chi connectivity index (χ1v) is 9.09. The number of nitrogens with zero attached hydrogens (tertiary/aromatic N) is 4. The van der Waals surface area contributed by atoms with Crippen LogP contribution < -0.4 is 15.2 Å². The van der Waals surface area contributed by atoms with Crippen molar-refractivity contribution in [3.05, 3.63) is 88.6 Å². The molecule has 29 heavy (non-hydrogen) atoms. The van der Waals surface area contributed by atoms with E-state index in [1.54, 1.807) is 24.0 Å². The van der Waals surface area contributed by atoms with Crippen LogP contribution in [0.25, 0.3) is 5.78 Å². The summed E-state index contributed by atoms with van der Waals surface area (Å²) in [7, 11) is 0. The number of para-hydroxylation sites is 2. The lowest BCUT2D eigenvalue weighted by Crippen LogP contribution is -2.35. The number of hydrogen-bond donors (Lipinski definition) is 1. The minimum Gasteiger partial charge on any atom is -0.484 e. The molecule has 0 aliphatic rings. The zero-order chi connectivity index (χ0) is 20.2. The molecular weight excluding hydrogens is 370 g/mol. The quantitative estimate of drug-likeness (QED) is 0.546. The van der Waals surface area contributed by atoms with Crippen LogP contribution in [-0.2, 0) is 11.3 Å². The van der Waals surface area contributed by atoms with E-state index in [1.165, 1.54) is 10.6 Å². The third-order valence-corrected chi connectivity index (χ3v) is 4.29. The first-order valence-electron chi connectivity index (χ1n) is 9.09. The minimum absolute atomic E-state index is 0.129. The molecule has 0 saturated carbocycles. The predicted octanol–water partition coefficient (Wildman–Crippen LogP) is 2.34. The molecule has 0 spiro atoms. The Hall–Kier alpha value is -3.94. The maximum absolute atomic E-state index is 12.9. The smallest absolute Gasteiger partial charge is 0.274 e. The van der Waals surface area contributed by atoms with Gasteiger partial charge in [0.15, 0.2) is 6.61 Å². The molecule has 146 valence electrons. The fourth-order valence-electron chi connectivity index (χ4n) is 2.93. The van der Waals surface area contributed by atoms with Crippen molar-refractivity contribution in [2.45, 2.75) is 13.5 Å². The summed E-state index contributed by atoms with van der Waals surface area (Å²) in [5, 5.41) is 2.92. The van der Waals surface area contributed by atoms with E-state index in [0.717, 1.165) is 0 Å². The van der Waals surface area contributed by atoms with Gasteiger partial charge in [-0.15, -0.1) is 0 Å². The van der Waals surface area contributed by atoms with Gasteiger partial charge in [0.1, 0.15) is 11.6 Å². The molecule has 8 heteroatoms. The van der Waals surface area contributed by atoms with Gasteiger partial charge in [0, 0.05) is 17.4 Å². The lowest BCUT2D eigenvalue weighted by molar-refractivity contribution is -0.120. The molecule has 4 aromatic rings. The molecule has 0 fully saturated rings. The van der Waals surface area contributed by atoms with E-state index in [1.807, 2.05) is 48.5 Å². The molecule has 0 saturated heterocycles. The van der Waals surface area contributed by atoms with Crippen LogP contribution in [-0.4, -0.2) is 32.1 Å². The minimum atomic E-state index is -0.253. The second-order valence-corrected chi connectivity index (χ2v) is 6.46. The number of H-pyrrole nitrogens is 1. The van der Waals surface area contributed by atoms with Crippen LogP contribution in [0.4, 0.5) is 5.69 Å². The predicted molar refractivity (Wildman–Crippen MR) is 108 cm³/mol. The van der Waals surface area contributed by atoms with Gasteiger partial charge in [0.05, 0.1) is 6.54 Å². The summed E-state index contributed by atoms with van der Waals surface area (Å²) in [6.07, 6.45) is 0. The Kier molecular flexibility index (Phi) is 5.07. The summed E-state index contributed by atoms with van der Waals surface area (Å²) in [5.74, 6) is 1.09. The van der Waals surface area contributed by atoms with Crippen molar-refractivity contribution in [1.82, 2.24) is 19.6 Å². The summed E-state index contributed by atoms with van der Waals surface area (Å²) >= 11 is 0. The summed E-state index contributed by atoms with van der Waals surface area (Å²) in [4.78, 5) is 35.2. The monoisotopic (exact) mass is 389 g/mol. The van der Waals surface area contributed by atoms with E-state index in [2.05, 4.69) is 15.1 Å². The molecular formula is C21H19N5O3. The van der Waals surface area contributed by atoms with Crippen LogP contribution in [0.15, 0.2) is 71.5 Å². The van der Waals surface area contributed by atoms with E-state index < -0.39 is 0 Å². The van der Waals surface area contributed by atoms with E-state index in [0.29, 0.717) is 23.0 Å². The van der Waals surface area contributed by atoms with Crippen molar-refractivity contribution in [1.29, 1.82) is 0 Å². The van der Waals surface area contributed by atoms with Crippen molar-refractivity contribution in [2.75, 3.05) is 11.5 Å². The van der Waals surface area contributed by atoms with E-state index in [9.17, 15) is 9.59 Å². The number of ether oxygens (including phenoxy) is 1. The molecule has 8 nitrogen and oxygen atoms in total. The van der Waals surface area contributed by atoms with Crippen LogP contribution in [0.3, 0.4) is 0 Å². The van der Waals surface area contributed by atoms with Crippen LogP contribution in [0.5, 0.6) is 5.75 Å². The number of benzene rings is 2. The Bertz CT molecular complexity index is 1190. The van der Waals surface area contributed by atoms with Crippen molar-refractivity contribution in [2.24, 2.45) is 0 Å². The van der Waals surface area contributed by atoms with Crippen molar-refractivity contribution < 1.29 is 9.53 Å². The number of anilines is 1. The third-order valence-electron chi connectivity index (χ3n) is 4.29. The Morgan fingerprint density at radius 3 is 2.48 bits per heavy atom. The van der Waals surface area contributed by atoms with Gasteiger partial charge in [-0.05, 0) is 31.2 Å². The maximum Gasteiger partial charge on any atom is 0.274 e. The van der Waals surface area contributed by atoms with E-state index >= 15 is 0 Å². The zero-order valence-electron chi connectivity index (χ0n) is 15.8. The molecule has 0 radical (unpaired) electrons. The number of rotatable bonds is 6. The normalized spacial score (nSPS) is 10.8. The fourth-order valence-corrected chi connectivity index (χ4v) is 2.93. The number of aromatic amines is 1. The van der Waals surface area contributed by atoms with Crippen LogP contribution in [0.1, 0.15) is 11.5 Å². The largest absolute Gasteiger partial charge is 0.484 e. The Labute approximate surface area is 166 Å². The van der Waals surface area contributed by atoms with Crippen molar-refractivity contribution >= 4 is 17.4 Å². The molecule has 0 unspecified atom stereocenters. The molecule has 2 heterocycles. The van der Waals surface area contributed by atoms with E-state index in [4.69, 9.17) is 4.74 Å². The van der Waals surface area contributed by atoms with Crippen LogP contribution in [0, 0.1) is 6.92 Å². The zero-order valence-corrected chi connectivity index (χ0v) is 15.8. The Morgan fingerprint density at radius 1 is 1.07 bits per heavy atom. The van der Waals surface area contributed by atoms with Gasteiger partial charge in [-0.1, -0.05) is 36.4 Å². The summed E-state index contributed by atoms with van der Waals surface area (Å²) in [6, 6.07) is 19.8. The molecule has 0 aliphatic heterocycles. The Balaban J connectivity index is 1.60. The highest BCUT2D eigenvalue weighted by Crippen LogP contribution is 2.17. The van der Waals surface area contributed by atoms with Crippen molar-refractivity contribution in [3.63, 3.8) is 0 Å². The molecule has 0 bridgehead atoms.